The summed E-state index contributed by atoms with van der Waals surface area (Å²) in [7, 11) is 0. The Bertz CT molecular complexity index is 567. The number of nitrogens with one attached hydrogen (secondary N) is 1. The molecule has 21 heavy (non-hydrogen) atoms. The zero-order chi connectivity index (χ0) is 15.3. The van der Waals surface area contributed by atoms with Crippen LogP contribution in [0.1, 0.15) is 29.8 Å². The third-order valence-corrected chi connectivity index (χ3v) is 3.23. The zero-order valence-electron chi connectivity index (χ0n) is 11.7. The van der Waals surface area contributed by atoms with Crippen LogP contribution in [0.15, 0.2) is 48.7 Å². The number of alkyl halides is 3. The summed E-state index contributed by atoms with van der Waals surface area (Å²) in [6, 6.07) is 10.7. The second-order valence-corrected chi connectivity index (χ2v) is 4.72. The number of hydrogen-bond donors (Lipinski definition) is 1. The first-order chi connectivity index (χ1) is 10.0. The summed E-state index contributed by atoms with van der Waals surface area (Å²) in [5, 5.41) is 3.12. The fourth-order valence-electron chi connectivity index (χ4n) is 2.33. The lowest BCUT2D eigenvalue weighted by Crippen LogP contribution is -2.26. The zero-order valence-corrected chi connectivity index (χ0v) is 11.7. The summed E-state index contributed by atoms with van der Waals surface area (Å²) in [4.78, 5) is 4.20. The van der Waals surface area contributed by atoms with Crippen molar-refractivity contribution in [2.45, 2.75) is 25.6 Å². The summed E-state index contributed by atoms with van der Waals surface area (Å²) in [5.41, 5.74) is 0.435. The number of aromatic nitrogens is 1. The van der Waals surface area contributed by atoms with Gasteiger partial charge in [0.1, 0.15) is 0 Å². The van der Waals surface area contributed by atoms with Crippen molar-refractivity contribution >= 4 is 0 Å². The van der Waals surface area contributed by atoms with Gasteiger partial charge in [0.05, 0.1) is 5.56 Å². The molecule has 0 spiro atoms. The minimum Gasteiger partial charge on any atom is -0.310 e. The number of nitrogens with zero attached hydrogens (tertiary/aromatic N) is 1. The third-order valence-electron chi connectivity index (χ3n) is 3.23. The summed E-state index contributed by atoms with van der Waals surface area (Å²) < 4.78 is 39.4. The number of rotatable bonds is 5. The van der Waals surface area contributed by atoms with Crippen molar-refractivity contribution in [3.05, 3.63) is 65.5 Å². The maximum atomic E-state index is 13.1. The average molecular weight is 294 g/mol. The quantitative estimate of drug-likeness (QED) is 0.901. The molecule has 0 fully saturated rings. The van der Waals surface area contributed by atoms with E-state index < -0.39 is 17.8 Å². The van der Waals surface area contributed by atoms with Crippen molar-refractivity contribution in [3.8, 4) is 0 Å². The van der Waals surface area contributed by atoms with Gasteiger partial charge in [0.2, 0.25) is 0 Å². The van der Waals surface area contributed by atoms with Crippen LogP contribution in [0.5, 0.6) is 0 Å². The molecule has 1 N–H and O–H groups in total. The van der Waals surface area contributed by atoms with Crippen LogP contribution in [-0.2, 0) is 12.6 Å². The summed E-state index contributed by atoms with van der Waals surface area (Å²) in [6.07, 6.45) is -2.29. The topological polar surface area (TPSA) is 24.9 Å². The van der Waals surface area contributed by atoms with Gasteiger partial charge in [-0.1, -0.05) is 31.2 Å². The maximum Gasteiger partial charge on any atom is 0.416 e. The largest absolute Gasteiger partial charge is 0.416 e. The number of likely N-dealkylation sites (N-methyl/N-ethyl adjacent to an activating group) is 1. The smallest absolute Gasteiger partial charge is 0.310 e. The lowest BCUT2D eigenvalue weighted by Gasteiger charge is -2.22. The first-order valence-corrected chi connectivity index (χ1v) is 6.81. The second kappa shape index (κ2) is 6.72. The molecule has 1 heterocycles. The highest BCUT2D eigenvalue weighted by Gasteiger charge is 2.34. The molecule has 2 rings (SSSR count). The number of benzene rings is 1. The Morgan fingerprint density at radius 3 is 2.43 bits per heavy atom. The van der Waals surface area contributed by atoms with Crippen LogP contribution in [-0.4, -0.2) is 11.5 Å². The van der Waals surface area contributed by atoms with E-state index in [1.807, 2.05) is 19.1 Å². The highest BCUT2D eigenvalue weighted by atomic mass is 19.4. The molecule has 0 saturated carbocycles. The fourth-order valence-corrected chi connectivity index (χ4v) is 2.33. The molecule has 0 aliphatic rings. The van der Waals surface area contributed by atoms with Gasteiger partial charge in [-0.3, -0.25) is 4.98 Å². The molecular weight excluding hydrogens is 277 g/mol. The van der Waals surface area contributed by atoms with E-state index in [0.717, 1.165) is 11.8 Å². The molecule has 0 aliphatic carbocycles. The van der Waals surface area contributed by atoms with Crippen LogP contribution < -0.4 is 5.32 Å². The summed E-state index contributed by atoms with van der Waals surface area (Å²) in [6.45, 7) is 2.46. The van der Waals surface area contributed by atoms with Crippen molar-refractivity contribution in [2.24, 2.45) is 0 Å². The SMILES string of the molecule is CCNC(Cc1ccccn1)c1ccccc1C(F)(F)F. The molecule has 2 aromatic rings. The van der Waals surface area contributed by atoms with Gasteiger partial charge in [-0.25, -0.2) is 0 Å². The van der Waals surface area contributed by atoms with Crippen LogP contribution in [0, 0.1) is 0 Å². The second-order valence-electron chi connectivity index (χ2n) is 4.72. The molecular formula is C16H17F3N2. The number of hydrogen-bond acceptors (Lipinski definition) is 2. The van der Waals surface area contributed by atoms with Gasteiger partial charge in [-0.05, 0) is 30.3 Å². The van der Waals surface area contributed by atoms with Crippen LogP contribution in [0.2, 0.25) is 0 Å². The Morgan fingerprint density at radius 2 is 1.81 bits per heavy atom. The van der Waals surface area contributed by atoms with E-state index in [4.69, 9.17) is 0 Å². The van der Waals surface area contributed by atoms with E-state index >= 15 is 0 Å². The van der Waals surface area contributed by atoms with Gasteiger partial charge >= 0.3 is 6.18 Å². The Hall–Kier alpha value is -1.88. The van der Waals surface area contributed by atoms with Crippen molar-refractivity contribution in [2.75, 3.05) is 6.54 Å². The highest BCUT2D eigenvalue weighted by molar-refractivity contribution is 5.33. The molecule has 5 heteroatoms. The van der Waals surface area contributed by atoms with E-state index in [1.165, 1.54) is 12.1 Å². The molecule has 0 saturated heterocycles. The van der Waals surface area contributed by atoms with Gasteiger partial charge < -0.3 is 5.32 Å². The predicted molar refractivity (Wildman–Crippen MR) is 75.8 cm³/mol. The van der Waals surface area contributed by atoms with Gasteiger partial charge in [0, 0.05) is 24.4 Å². The Morgan fingerprint density at radius 1 is 1.10 bits per heavy atom. The van der Waals surface area contributed by atoms with Crippen LogP contribution >= 0.6 is 0 Å². The predicted octanol–water partition coefficient (Wildman–Crippen LogP) is 3.99. The number of halogens is 3. The summed E-state index contributed by atoms with van der Waals surface area (Å²) >= 11 is 0. The average Bonchev–Trinajstić information content (AvgIpc) is 2.47. The van der Waals surface area contributed by atoms with E-state index in [9.17, 15) is 13.2 Å². The first kappa shape index (κ1) is 15.5. The van der Waals surface area contributed by atoms with Crippen LogP contribution in [0.4, 0.5) is 13.2 Å². The molecule has 2 nitrogen and oxygen atoms in total. The standard InChI is InChI=1S/C16H17F3N2/c1-2-20-15(11-12-7-5-6-10-21-12)13-8-3-4-9-14(13)16(17,18)19/h3-10,15,20H,2,11H2,1H3. The van der Waals surface area contributed by atoms with E-state index in [2.05, 4.69) is 10.3 Å². The van der Waals surface area contributed by atoms with Crippen molar-refractivity contribution in [3.63, 3.8) is 0 Å². The normalized spacial score (nSPS) is 13.1. The van der Waals surface area contributed by atoms with Crippen LogP contribution in [0.3, 0.4) is 0 Å². The minimum atomic E-state index is -4.35. The highest BCUT2D eigenvalue weighted by Crippen LogP contribution is 2.35. The molecule has 0 bridgehead atoms. The molecule has 112 valence electrons. The maximum absolute atomic E-state index is 13.1. The fraction of sp³-hybridized carbons (Fsp3) is 0.312. The first-order valence-electron chi connectivity index (χ1n) is 6.81. The molecule has 1 unspecified atom stereocenters. The molecule has 1 aromatic heterocycles. The Kier molecular flexibility index (Phi) is 4.96. The Balaban J connectivity index is 2.35. The van der Waals surface area contributed by atoms with Gasteiger partial charge in [-0.15, -0.1) is 0 Å². The van der Waals surface area contributed by atoms with Gasteiger partial charge in [0.25, 0.3) is 0 Å². The van der Waals surface area contributed by atoms with E-state index in [1.54, 1.807) is 18.3 Å². The molecule has 0 amide bonds. The van der Waals surface area contributed by atoms with Gasteiger partial charge in [0.15, 0.2) is 0 Å². The van der Waals surface area contributed by atoms with Crippen LogP contribution in [0.25, 0.3) is 0 Å². The van der Waals surface area contributed by atoms with Crippen molar-refractivity contribution in [1.82, 2.24) is 10.3 Å². The van der Waals surface area contributed by atoms with Crippen molar-refractivity contribution in [1.29, 1.82) is 0 Å². The third kappa shape index (κ3) is 4.04. The lowest BCUT2D eigenvalue weighted by molar-refractivity contribution is -0.138. The molecule has 1 aromatic carbocycles. The minimum absolute atomic E-state index is 0.262. The lowest BCUT2D eigenvalue weighted by atomic mass is 9.96. The van der Waals surface area contributed by atoms with E-state index in [-0.39, 0.29) is 5.56 Å². The molecule has 0 aliphatic heterocycles. The summed E-state index contributed by atoms with van der Waals surface area (Å²) in [5.74, 6) is 0. The van der Waals surface area contributed by atoms with E-state index in [0.29, 0.717) is 13.0 Å². The van der Waals surface area contributed by atoms with Gasteiger partial charge in [-0.2, -0.15) is 13.2 Å². The number of pyridine rings is 1. The monoisotopic (exact) mass is 294 g/mol. The molecule has 1 atom stereocenters. The van der Waals surface area contributed by atoms with Crippen molar-refractivity contribution < 1.29 is 13.2 Å². The molecule has 0 radical (unpaired) electrons. The Labute approximate surface area is 122 Å².